The number of hydrogen-bond donors (Lipinski definition) is 0. The molecular weight excluding hydrogens is 285 g/mol. The first kappa shape index (κ1) is 13.8. The van der Waals surface area contributed by atoms with Crippen LogP contribution < -0.4 is 4.90 Å². The molecule has 0 aliphatic carbocycles. The number of halogens is 3. The van der Waals surface area contributed by atoms with Gasteiger partial charge >= 0.3 is 6.18 Å². The molecule has 6 nitrogen and oxygen atoms in total. The van der Waals surface area contributed by atoms with E-state index in [1.807, 2.05) is 0 Å². The van der Waals surface area contributed by atoms with E-state index in [4.69, 9.17) is 0 Å². The molecule has 21 heavy (non-hydrogen) atoms. The van der Waals surface area contributed by atoms with Gasteiger partial charge in [0.2, 0.25) is 5.95 Å². The Balaban J connectivity index is 1.82. The smallest absolute Gasteiger partial charge is 0.336 e. The van der Waals surface area contributed by atoms with Crippen molar-refractivity contribution in [3.8, 4) is 0 Å². The summed E-state index contributed by atoms with van der Waals surface area (Å²) in [5, 5.41) is 4.02. The number of aromatic nitrogens is 5. The van der Waals surface area contributed by atoms with E-state index in [-0.39, 0.29) is 12.0 Å². The van der Waals surface area contributed by atoms with Gasteiger partial charge in [-0.25, -0.2) is 15.0 Å². The molecule has 1 unspecified atom stereocenters. The van der Waals surface area contributed by atoms with Crippen LogP contribution in [0.5, 0.6) is 0 Å². The van der Waals surface area contributed by atoms with Crippen molar-refractivity contribution in [3.63, 3.8) is 0 Å². The second-order valence-electron chi connectivity index (χ2n) is 4.85. The molecular formula is C12H13F3N6. The molecule has 1 fully saturated rings. The second-order valence-corrected chi connectivity index (χ2v) is 4.85. The summed E-state index contributed by atoms with van der Waals surface area (Å²) >= 11 is 0. The highest BCUT2D eigenvalue weighted by Crippen LogP contribution is 2.30. The summed E-state index contributed by atoms with van der Waals surface area (Å²) in [6.45, 7) is 1.19. The molecule has 1 saturated heterocycles. The standard InChI is InChI=1S/C12H13F3N6/c13-12(14,15)10-3-4-17-11(19-10)21-5-1-2-9(21)6-20-8-16-7-18-20/h3-4,7-9H,1-2,5-6H2. The van der Waals surface area contributed by atoms with Crippen molar-refractivity contribution in [2.75, 3.05) is 11.4 Å². The minimum atomic E-state index is -4.46. The van der Waals surface area contributed by atoms with E-state index in [2.05, 4.69) is 20.1 Å². The minimum Gasteiger partial charge on any atom is -0.336 e. The van der Waals surface area contributed by atoms with Gasteiger partial charge < -0.3 is 4.90 Å². The van der Waals surface area contributed by atoms with E-state index in [9.17, 15) is 13.2 Å². The topological polar surface area (TPSA) is 59.7 Å². The predicted octanol–water partition coefficient (Wildman–Crippen LogP) is 1.76. The SMILES string of the molecule is FC(F)(F)c1ccnc(N2CCCC2Cn2cncn2)n1. The Kier molecular flexibility index (Phi) is 3.48. The van der Waals surface area contributed by atoms with Crippen LogP contribution in [0.15, 0.2) is 24.9 Å². The zero-order chi connectivity index (χ0) is 14.9. The fraction of sp³-hybridized carbons (Fsp3) is 0.500. The van der Waals surface area contributed by atoms with Crippen LogP contribution in [0, 0.1) is 0 Å². The van der Waals surface area contributed by atoms with Gasteiger partial charge in [0.05, 0.1) is 12.6 Å². The third-order valence-electron chi connectivity index (χ3n) is 3.43. The molecule has 0 amide bonds. The summed E-state index contributed by atoms with van der Waals surface area (Å²) in [4.78, 5) is 13.3. The van der Waals surface area contributed by atoms with E-state index in [1.165, 1.54) is 6.33 Å². The van der Waals surface area contributed by atoms with Gasteiger partial charge in [0.1, 0.15) is 18.3 Å². The highest BCUT2D eigenvalue weighted by atomic mass is 19.4. The molecule has 3 heterocycles. The van der Waals surface area contributed by atoms with Crippen LogP contribution >= 0.6 is 0 Å². The highest BCUT2D eigenvalue weighted by Gasteiger charge is 2.34. The molecule has 0 N–H and O–H groups in total. The van der Waals surface area contributed by atoms with Crippen molar-refractivity contribution in [2.24, 2.45) is 0 Å². The Morgan fingerprint density at radius 3 is 2.90 bits per heavy atom. The number of rotatable bonds is 3. The van der Waals surface area contributed by atoms with Crippen LogP contribution in [0.4, 0.5) is 19.1 Å². The zero-order valence-electron chi connectivity index (χ0n) is 11.0. The van der Waals surface area contributed by atoms with Crippen LogP contribution in [0.3, 0.4) is 0 Å². The summed E-state index contributed by atoms with van der Waals surface area (Å²) in [6, 6.07) is 0.904. The second kappa shape index (κ2) is 5.30. The molecule has 1 aliphatic rings. The zero-order valence-corrected chi connectivity index (χ0v) is 11.0. The van der Waals surface area contributed by atoms with Crippen LogP contribution in [0.25, 0.3) is 0 Å². The van der Waals surface area contributed by atoms with Crippen molar-refractivity contribution in [1.29, 1.82) is 0 Å². The largest absolute Gasteiger partial charge is 0.433 e. The summed E-state index contributed by atoms with van der Waals surface area (Å²) in [6.07, 6.45) is 1.46. The first-order valence-electron chi connectivity index (χ1n) is 6.53. The summed E-state index contributed by atoms with van der Waals surface area (Å²) < 4.78 is 39.8. The van der Waals surface area contributed by atoms with E-state index in [0.29, 0.717) is 13.1 Å². The number of anilines is 1. The van der Waals surface area contributed by atoms with Crippen molar-refractivity contribution in [2.45, 2.75) is 31.6 Å². The molecule has 0 bridgehead atoms. The highest BCUT2D eigenvalue weighted by molar-refractivity contribution is 5.34. The summed E-state index contributed by atoms with van der Waals surface area (Å²) in [5.41, 5.74) is -0.918. The molecule has 1 atom stereocenters. The fourth-order valence-electron chi connectivity index (χ4n) is 2.48. The van der Waals surface area contributed by atoms with E-state index in [0.717, 1.165) is 25.1 Å². The van der Waals surface area contributed by atoms with Crippen LogP contribution in [-0.2, 0) is 12.7 Å². The van der Waals surface area contributed by atoms with Gasteiger partial charge in [-0.1, -0.05) is 0 Å². The molecule has 112 valence electrons. The molecule has 9 heteroatoms. The average molecular weight is 298 g/mol. The van der Waals surface area contributed by atoms with Crippen molar-refractivity contribution >= 4 is 5.95 Å². The first-order chi connectivity index (χ1) is 10.0. The quantitative estimate of drug-likeness (QED) is 0.864. The Labute approximate surface area is 118 Å². The normalized spacial score (nSPS) is 19.2. The van der Waals surface area contributed by atoms with Crippen LogP contribution in [0.2, 0.25) is 0 Å². The lowest BCUT2D eigenvalue weighted by Gasteiger charge is -2.24. The van der Waals surface area contributed by atoms with Gasteiger partial charge in [-0.15, -0.1) is 0 Å². The van der Waals surface area contributed by atoms with Gasteiger partial charge in [0.15, 0.2) is 0 Å². The van der Waals surface area contributed by atoms with Gasteiger partial charge in [-0.2, -0.15) is 18.3 Å². The monoisotopic (exact) mass is 298 g/mol. The summed E-state index contributed by atoms with van der Waals surface area (Å²) in [7, 11) is 0. The molecule has 2 aromatic rings. The molecule has 0 spiro atoms. The molecule has 3 rings (SSSR count). The Bertz CT molecular complexity index is 597. The predicted molar refractivity (Wildman–Crippen MR) is 67.4 cm³/mol. The van der Waals surface area contributed by atoms with Crippen LogP contribution in [0.1, 0.15) is 18.5 Å². The van der Waals surface area contributed by atoms with Crippen molar-refractivity contribution in [3.05, 3.63) is 30.6 Å². The number of hydrogen-bond acceptors (Lipinski definition) is 5. The lowest BCUT2D eigenvalue weighted by atomic mass is 10.2. The van der Waals surface area contributed by atoms with Crippen molar-refractivity contribution < 1.29 is 13.2 Å². The molecule has 0 radical (unpaired) electrons. The lowest BCUT2D eigenvalue weighted by molar-refractivity contribution is -0.141. The van der Waals surface area contributed by atoms with E-state index in [1.54, 1.807) is 15.9 Å². The fourth-order valence-corrected chi connectivity index (χ4v) is 2.48. The Morgan fingerprint density at radius 2 is 2.19 bits per heavy atom. The van der Waals surface area contributed by atoms with Gasteiger partial charge in [0, 0.05) is 12.7 Å². The Morgan fingerprint density at radius 1 is 1.33 bits per heavy atom. The minimum absolute atomic E-state index is 0.0233. The van der Waals surface area contributed by atoms with E-state index >= 15 is 0 Å². The average Bonchev–Trinajstić information content (AvgIpc) is 3.10. The lowest BCUT2D eigenvalue weighted by Crippen LogP contribution is -2.34. The maximum Gasteiger partial charge on any atom is 0.433 e. The number of alkyl halides is 3. The third-order valence-corrected chi connectivity index (χ3v) is 3.43. The Hall–Kier alpha value is -2.19. The molecule has 0 saturated carbocycles. The van der Waals surface area contributed by atoms with Gasteiger partial charge in [-0.3, -0.25) is 4.68 Å². The molecule has 0 aromatic carbocycles. The summed E-state index contributed by atoms with van der Waals surface area (Å²) in [5.74, 6) is 0.118. The van der Waals surface area contributed by atoms with E-state index < -0.39 is 11.9 Å². The molecule has 1 aliphatic heterocycles. The third kappa shape index (κ3) is 2.96. The molecule has 2 aromatic heterocycles. The first-order valence-corrected chi connectivity index (χ1v) is 6.53. The van der Waals surface area contributed by atoms with Crippen molar-refractivity contribution in [1.82, 2.24) is 24.7 Å². The van der Waals surface area contributed by atoms with Gasteiger partial charge in [-0.05, 0) is 18.9 Å². The maximum absolute atomic E-state index is 12.7. The maximum atomic E-state index is 12.7. The van der Waals surface area contributed by atoms with Crippen LogP contribution in [-0.4, -0.2) is 37.3 Å². The number of nitrogens with zero attached hydrogens (tertiary/aromatic N) is 6. The van der Waals surface area contributed by atoms with Gasteiger partial charge in [0.25, 0.3) is 0 Å².